The molecule has 1 atom stereocenters. The Morgan fingerprint density at radius 2 is 1.90 bits per heavy atom. The topological polar surface area (TPSA) is 93.9 Å². The Labute approximate surface area is 230 Å². The smallest absolute Gasteiger partial charge is 0.290 e. The lowest BCUT2D eigenvalue weighted by Gasteiger charge is -2.27. The first-order valence-corrected chi connectivity index (χ1v) is 13.7. The molecule has 200 valence electrons. The molecule has 5 rings (SSSR count). The van der Waals surface area contributed by atoms with Gasteiger partial charge in [0.15, 0.2) is 17.3 Å². The van der Waals surface area contributed by atoms with Gasteiger partial charge in [0, 0.05) is 25.5 Å². The molecule has 8 nitrogen and oxygen atoms in total. The van der Waals surface area contributed by atoms with E-state index in [9.17, 15) is 14.7 Å². The van der Waals surface area contributed by atoms with E-state index >= 15 is 0 Å². The molecule has 4 aromatic rings. The number of aromatic nitrogens is 2. The Bertz CT molecular complexity index is 1450. The average molecular weight is 544 g/mol. The van der Waals surface area contributed by atoms with Gasteiger partial charge in [0.1, 0.15) is 6.61 Å². The van der Waals surface area contributed by atoms with Crippen LogP contribution in [0.5, 0.6) is 11.5 Å². The van der Waals surface area contributed by atoms with Crippen LogP contribution in [0.3, 0.4) is 0 Å². The average Bonchev–Trinajstić information content (AvgIpc) is 3.72. The zero-order valence-corrected chi connectivity index (χ0v) is 22.3. The predicted molar refractivity (Wildman–Crippen MR) is 148 cm³/mol. The number of hydrogen-bond donors (Lipinski definition) is 1. The van der Waals surface area contributed by atoms with Crippen LogP contribution in [-0.2, 0) is 17.9 Å². The quantitative estimate of drug-likeness (QED) is 0.234. The molecule has 0 bridgehead atoms. The van der Waals surface area contributed by atoms with Gasteiger partial charge in [-0.3, -0.25) is 9.59 Å². The maximum Gasteiger partial charge on any atom is 0.290 e. The van der Waals surface area contributed by atoms with Crippen molar-refractivity contribution in [1.82, 2.24) is 14.5 Å². The number of benzene rings is 2. The summed E-state index contributed by atoms with van der Waals surface area (Å²) in [5.41, 5.74) is 1.75. The first-order chi connectivity index (χ1) is 19.1. The summed E-state index contributed by atoms with van der Waals surface area (Å²) in [6.45, 7) is 3.63. The number of aliphatic hydroxyl groups excluding tert-OH is 1. The van der Waals surface area contributed by atoms with Gasteiger partial charge >= 0.3 is 0 Å². The number of carbonyl (C=O) groups is 2. The third kappa shape index (κ3) is 5.73. The molecule has 0 aliphatic carbocycles. The molecule has 0 saturated heterocycles. The van der Waals surface area contributed by atoms with Gasteiger partial charge < -0.3 is 24.0 Å². The van der Waals surface area contributed by atoms with Gasteiger partial charge in [-0.2, -0.15) is 0 Å². The Kier molecular flexibility index (Phi) is 8.07. The van der Waals surface area contributed by atoms with Crippen molar-refractivity contribution in [1.29, 1.82) is 0 Å². The minimum Gasteiger partial charge on any atom is -0.503 e. The normalized spacial score (nSPS) is 15.2. The van der Waals surface area contributed by atoms with Crippen LogP contribution < -0.4 is 9.47 Å². The predicted octanol–water partition coefficient (Wildman–Crippen LogP) is 5.59. The molecule has 3 heterocycles. The summed E-state index contributed by atoms with van der Waals surface area (Å²) < 4.78 is 13.9. The summed E-state index contributed by atoms with van der Waals surface area (Å²) in [5.74, 6) is -0.373. The van der Waals surface area contributed by atoms with E-state index in [0.717, 1.165) is 5.56 Å². The van der Waals surface area contributed by atoms with Crippen LogP contribution in [0.2, 0.25) is 0 Å². The standard InChI is InChI=1S/C30H29N3O5S/c1-2-37-24-18-22(11-12-23(24)38-19-21-8-4-3-5-9-21)27-26(28(34)25-10-6-17-39-25)29(35)30(36)33(27)15-7-14-32-16-13-31-20-32/h3-6,8-13,16-18,20,27,35H,2,7,14-15,19H2,1H3. The number of carbonyl (C=O) groups excluding carboxylic acids is 2. The lowest BCUT2D eigenvalue weighted by atomic mass is 9.95. The van der Waals surface area contributed by atoms with E-state index in [-0.39, 0.29) is 11.4 Å². The summed E-state index contributed by atoms with van der Waals surface area (Å²) >= 11 is 1.27. The zero-order chi connectivity index (χ0) is 27.2. The first-order valence-electron chi connectivity index (χ1n) is 12.8. The molecule has 1 amide bonds. The Morgan fingerprint density at radius 3 is 2.62 bits per heavy atom. The van der Waals surface area contributed by atoms with Crippen molar-refractivity contribution in [2.45, 2.75) is 32.5 Å². The number of ketones is 1. The van der Waals surface area contributed by atoms with Crippen molar-refractivity contribution < 1.29 is 24.2 Å². The first kappa shape index (κ1) is 26.2. The molecule has 9 heteroatoms. The van der Waals surface area contributed by atoms with E-state index in [1.165, 1.54) is 11.3 Å². The second-order valence-electron chi connectivity index (χ2n) is 9.04. The van der Waals surface area contributed by atoms with E-state index in [1.54, 1.807) is 47.1 Å². The number of hydrogen-bond acceptors (Lipinski definition) is 7. The molecular weight excluding hydrogens is 514 g/mol. The van der Waals surface area contributed by atoms with Gasteiger partial charge in [-0.05, 0) is 48.1 Å². The highest BCUT2D eigenvalue weighted by atomic mass is 32.1. The SMILES string of the molecule is CCOc1cc(C2C(C(=O)c3cccs3)=C(O)C(=O)N2CCCn2ccnc2)ccc1OCc1ccccc1. The highest BCUT2D eigenvalue weighted by molar-refractivity contribution is 7.12. The summed E-state index contributed by atoms with van der Waals surface area (Å²) in [7, 11) is 0. The number of rotatable bonds is 12. The monoisotopic (exact) mass is 543 g/mol. The number of Topliss-reactive ketones (excluding diaryl/α,β-unsaturated/α-hetero) is 1. The van der Waals surface area contributed by atoms with Crippen molar-refractivity contribution in [3.63, 3.8) is 0 Å². The molecule has 0 saturated carbocycles. The molecule has 1 unspecified atom stereocenters. The molecule has 2 aromatic carbocycles. The summed E-state index contributed by atoms with van der Waals surface area (Å²) in [6.07, 6.45) is 5.88. The van der Waals surface area contributed by atoms with Gasteiger partial charge in [0.2, 0.25) is 5.78 Å². The summed E-state index contributed by atoms with van der Waals surface area (Å²) in [4.78, 5) is 32.9. The number of amides is 1. The number of aryl methyl sites for hydroxylation is 1. The van der Waals surface area contributed by atoms with Crippen LogP contribution in [0, 0.1) is 0 Å². The van der Waals surface area contributed by atoms with Crippen LogP contribution in [0.25, 0.3) is 0 Å². The Morgan fingerprint density at radius 1 is 1.05 bits per heavy atom. The maximum absolute atomic E-state index is 13.5. The van der Waals surface area contributed by atoms with Gasteiger partial charge in [-0.25, -0.2) is 4.98 Å². The number of ether oxygens (including phenoxy) is 2. The van der Waals surface area contributed by atoms with Crippen molar-refractivity contribution in [3.05, 3.63) is 112 Å². The highest BCUT2D eigenvalue weighted by Gasteiger charge is 2.44. The van der Waals surface area contributed by atoms with Crippen molar-refractivity contribution in [2.24, 2.45) is 0 Å². The van der Waals surface area contributed by atoms with E-state index in [0.29, 0.717) is 54.7 Å². The molecular formula is C30H29N3O5S. The Balaban J connectivity index is 1.47. The molecule has 2 aromatic heterocycles. The van der Waals surface area contributed by atoms with Gasteiger partial charge in [-0.15, -0.1) is 11.3 Å². The fourth-order valence-electron chi connectivity index (χ4n) is 4.66. The maximum atomic E-state index is 13.5. The minimum atomic E-state index is -0.766. The van der Waals surface area contributed by atoms with Crippen LogP contribution in [0.4, 0.5) is 0 Å². The minimum absolute atomic E-state index is 0.0745. The number of imidazole rings is 1. The second-order valence-corrected chi connectivity index (χ2v) is 9.99. The molecule has 1 aliphatic rings. The van der Waals surface area contributed by atoms with E-state index in [2.05, 4.69) is 4.98 Å². The third-order valence-electron chi connectivity index (χ3n) is 6.49. The lowest BCUT2D eigenvalue weighted by Crippen LogP contribution is -2.32. The molecule has 0 fully saturated rings. The van der Waals surface area contributed by atoms with E-state index in [4.69, 9.17) is 9.47 Å². The zero-order valence-electron chi connectivity index (χ0n) is 21.5. The van der Waals surface area contributed by atoms with E-state index in [1.807, 2.05) is 54.1 Å². The van der Waals surface area contributed by atoms with Gasteiger partial charge in [0.05, 0.1) is 29.4 Å². The van der Waals surface area contributed by atoms with Crippen molar-refractivity contribution in [3.8, 4) is 11.5 Å². The molecule has 0 radical (unpaired) electrons. The van der Waals surface area contributed by atoms with Crippen LogP contribution in [-0.4, -0.2) is 44.4 Å². The fraction of sp³-hybridized carbons (Fsp3) is 0.233. The molecule has 1 N–H and O–H groups in total. The number of nitrogens with zero attached hydrogens (tertiary/aromatic N) is 3. The molecule has 39 heavy (non-hydrogen) atoms. The largest absolute Gasteiger partial charge is 0.503 e. The lowest BCUT2D eigenvalue weighted by molar-refractivity contribution is -0.129. The summed E-state index contributed by atoms with van der Waals surface area (Å²) in [5, 5.41) is 12.7. The van der Waals surface area contributed by atoms with Gasteiger partial charge in [-0.1, -0.05) is 42.5 Å². The Hall–Kier alpha value is -4.37. The molecule has 0 spiro atoms. The summed E-state index contributed by atoms with van der Waals surface area (Å²) in [6, 6.07) is 17.9. The second kappa shape index (κ2) is 12.0. The highest BCUT2D eigenvalue weighted by Crippen LogP contribution is 2.42. The van der Waals surface area contributed by atoms with Crippen molar-refractivity contribution >= 4 is 23.0 Å². The van der Waals surface area contributed by atoms with E-state index < -0.39 is 17.7 Å². The van der Waals surface area contributed by atoms with Crippen LogP contribution in [0.1, 0.15) is 40.2 Å². The fourth-order valence-corrected chi connectivity index (χ4v) is 5.34. The van der Waals surface area contributed by atoms with Crippen LogP contribution >= 0.6 is 11.3 Å². The number of thiophene rings is 1. The van der Waals surface area contributed by atoms with Crippen molar-refractivity contribution in [2.75, 3.05) is 13.2 Å². The van der Waals surface area contributed by atoms with Gasteiger partial charge in [0.25, 0.3) is 5.91 Å². The number of aliphatic hydroxyl groups is 1. The third-order valence-corrected chi connectivity index (χ3v) is 7.36. The molecule has 1 aliphatic heterocycles. The van der Waals surface area contributed by atoms with Crippen LogP contribution in [0.15, 0.2) is 96.1 Å².